The maximum atomic E-state index is 12.7. The van der Waals surface area contributed by atoms with Gasteiger partial charge in [-0.2, -0.15) is 5.10 Å². The van der Waals surface area contributed by atoms with Crippen LogP contribution in [0.5, 0.6) is 5.75 Å². The molecule has 2 heterocycles. The minimum atomic E-state index is -0.296. The van der Waals surface area contributed by atoms with Crippen molar-refractivity contribution in [3.8, 4) is 5.75 Å². The van der Waals surface area contributed by atoms with E-state index >= 15 is 0 Å². The number of ether oxygens (including phenoxy) is 1. The summed E-state index contributed by atoms with van der Waals surface area (Å²) in [7, 11) is 0. The highest BCUT2D eigenvalue weighted by Crippen LogP contribution is 2.39. The average molecular weight is 341 g/mol. The van der Waals surface area contributed by atoms with Crippen LogP contribution in [-0.4, -0.2) is 21.7 Å². The summed E-state index contributed by atoms with van der Waals surface area (Å²) >= 11 is 0. The standard InChI is InChI=1S/C20H27N3O2/c1-12(19-13(2)22-23-14(19)3)10-18(24)21-16-11-20(4,5)25-17-9-7-6-8-15(16)17/h6-9,12,16H,10-11H2,1-5H3,(H,21,24)(H,22,23)/t12-,16-/m0/s1. The SMILES string of the molecule is Cc1n[nH]c(C)c1[C@@H](C)CC(=O)N[C@H]1CC(C)(C)Oc2ccccc21. The van der Waals surface area contributed by atoms with Gasteiger partial charge in [-0.05, 0) is 45.2 Å². The fourth-order valence-electron chi connectivity index (χ4n) is 3.85. The maximum Gasteiger partial charge on any atom is 0.221 e. The highest BCUT2D eigenvalue weighted by molar-refractivity contribution is 5.77. The number of nitrogens with one attached hydrogen (secondary N) is 2. The van der Waals surface area contributed by atoms with Crippen LogP contribution in [0.4, 0.5) is 0 Å². The smallest absolute Gasteiger partial charge is 0.221 e. The van der Waals surface area contributed by atoms with E-state index in [4.69, 9.17) is 4.74 Å². The molecule has 0 aliphatic carbocycles. The molecule has 1 aromatic heterocycles. The fraction of sp³-hybridized carbons (Fsp3) is 0.500. The minimum absolute atomic E-state index is 0.0220. The van der Waals surface area contributed by atoms with Gasteiger partial charge in [0.2, 0.25) is 5.91 Å². The number of amides is 1. The molecule has 0 unspecified atom stereocenters. The fourth-order valence-corrected chi connectivity index (χ4v) is 3.85. The zero-order valence-electron chi connectivity index (χ0n) is 15.6. The molecule has 0 bridgehead atoms. The number of H-pyrrole nitrogens is 1. The van der Waals surface area contributed by atoms with E-state index in [-0.39, 0.29) is 23.5 Å². The number of aromatic amines is 1. The molecule has 2 N–H and O–H groups in total. The Morgan fingerprint density at radius 3 is 2.80 bits per heavy atom. The molecule has 0 spiro atoms. The van der Waals surface area contributed by atoms with E-state index in [0.717, 1.165) is 34.7 Å². The summed E-state index contributed by atoms with van der Waals surface area (Å²) in [4.78, 5) is 12.7. The minimum Gasteiger partial charge on any atom is -0.487 e. The van der Waals surface area contributed by atoms with Crippen molar-refractivity contribution in [3.63, 3.8) is 0 Å². The zero-order chi connectivity index (χ0) is 18.2. The molecule has 1 aliphatic heterocycles. The first-order valence-corrected chi connectivity index (χ1v) is 8.85. The molecule has 2 atom stereocenters. The Balaban J connectivity index is 1.73. The summed E-state index contributed by atoms with van der Waals surface area (Å²) in [6.45, 7) is 10.2. The van der Waals surface area contributed by atoms with Crippen LogP contribution < -0.4 is 10.1 Å². The van der Waals surface area contributed by atoms with Crippen LogP contribution in [0, 0.1) is 13.8 Å². The third-order valence-corrected chi connectivity index (χ3v) is 4.88. The third-order valence-electron chi connectivity index (χ3n) is 4.88. The predicted molar refractivity (Wildman–Crippen MR) is 97.7 cm³/mol. The number of hydrogen-bond acceptors (Lipinski definition) is 3. The molecule has 0 fully saturated rings. The van der Waals surface area contributed by atoms with E-state index in [0.29, 0.717) is 6.42 Å². The topological polar surface area (TPSA) is 67.0 Å². The number of fused-ring (bicyclic) bond motifs is 1. The van der Waals surface area contributed by atoms with Gasteiger partial charge in [-0.1, -0.05) is 25.1 Å². The van der Waals surface area contributed by atoms with E-state index in [2.05, 4.69) is 36.3 Å². The Kier molecular flexibility index (Phi) is 4.58. The van der Waals surface area contributed by atoms with Crippen molar-refractivity contribution >= 4 is 5.91 Å². The van der Waals surface area contributed by atoms with Crippen LogP contribution in [0.15, 0.2) is 24.3 Å². The molecule has 5 heteroatoms. The second-order valence-electron chi connectivity index (χ2n) is 7.68. The normalized spacial score (nSPS) is 19.6. The Bertz CT molecular complexity index is 759. The van der Waals surface area contributed by atoms with Crippen LogP contribution in [0.25, 0.3) is 0 Å². The second kappa shape index (κ2) is 6.54. The Hall–Kier alpha value is -2.30. The lowest BCUT2D eigenvalue weighted by Gasteiger charge is -2.38. The van der Waals surface area contributed by atoms with E-state index in [1.807, 2.05) is 38.1 Å². The summed E-state index contributed by atoms with van der Waals surface area (Å²) < 4.78 is 6.04. The third kappa shape index (κ3) is 3.70. The van der Waals surface area contributed by atoms with Gasteiger partial charge < -0.3 is 10.1 Å². The number of carbonyl (C=O) groups excluding carboxylic acids is 1. The summed E-state index contributed by atoms with van der Waals surface area (Å²) in [5, 5.41) is 10.4. The Morgan fingerprint density at radius 1 is 1.40 bits per heavy atom. The highest BCUT2D eigenvalue weighted by atomic mass is 16.5. The number of carbonyl (C=O) groups is 1. The van der Waals surface area contributed by atoms with Gasteiger partial charge in [0.1, 0.15) is 11.4 Å². The molecule has 1 aliphatic rings. The first-order valence-electron chi connectivity index (χ1n) is 8.85. The zero-order valence-corrected chi connectivity index (χ0v) is 15.6. The molecule has 1 amide bonds. The number of aromatic nitrogens is 2. The molecule has 5 nitrogen and oxygen atoms in total. The molecule has 1 aromatic carbocycles. The van der Waals surface area contributed by atoms with Crippen molar-refractivity contribution in [3.05, 3.63) is 46.8 Å². The summed E-state index contributed by atoms with van der Waals surface area (Å²) in [5.74, 6) is 1.05. The van der Waals surface area contributed by atoms with Crippen LogP contribution in [0.2, 0.25) is 0 Å². The van der Waals surface area contributed by atoms with Gasteiger partial charge in [0.25, 0.3) is 0 Å². The van der Waals surface area contributed by atoms with E-state index < -0.39 is 0 Å². The van der Waals surface area contributed by atoms with E-state index in [1.165, 1.54) is 0 Å². The first kappa shape index (κ1) is 17.5. The van der Waals surface area contributed by atoms with Gasteiger partial charge in [-0.3, -0.25) is 9.89 Å². The van der Waals surface area contributed by atoms with Crippen molar-refractivity contribution in [2.24, 2.45) is 0 Å². The average Bonchev–Trinajstić information content (AvgIpc) is 2.85. The Labute approximate surface area is 149 Å². The molecular weight excluding hydrogens is 314 g/mol. The number of hydrogen-bond donors (Lipinski definition) is 2. The monoisotopic (exact) mass is 341 g/mol. The van der Waals surface area contributed by atoms with Crippen molar-refractivity contribution in [1.82, 2.24) is 15.5 Å². The molecule has 0 saturated carbocycles. The van der Waals surface area contributed by atoms with Crippen LogP contribution in [0.3, 0.4) is 0 Å². The second-order valence-corrected chi connectivity index (χ2v) is 7.68. The van der Waals surface area contributed by atoms with Crippen molar-refractivity contribution in [1.29, 1.82) is 0 Å². The van der Waals surface area contributed by atoms with Crippen molar-refractivity contribution < 1.29 is 9.53 Å². The van der Waals surface area contributed by atoms with Crippen LogP contribution >= 0.6 is 0 Å². The summed E-state index contributed by atoms with van der Waals surface area (Å²) in [5.41, 5.74) is 3.90. The van der Waals surface area contributed by atoms with Crippen LogP contribution in [-0.2, 0) is 4.79 Å². The highest BCUT2D eigenvalue weighted by Gasteiger charge is 2.34. The van der Waals surface area contributed by atoms with Gasteiger partial charge in [-0.15, -0.1) is 0 Å². The lowest BCUT2D eigenvalue weighted by atomic mass is 9.89. The number of nitrogens with zero attached hydrogens (tertiary/aromatic N) is 1. The van der Waals surface area contributed by atoms with Gasteiger partial charge in [0.15, 0.2) is 0 Å². The maximum absolute atomic E-state index is 12.7. The van der Waals surface area contributed by atoms with Gasteiger partial charge in [0.05, 0.1) is 11.7 Å². The van der Waals surface area contributed by atoms with Crippen LogP contribution in [0.1, 0.15) is 68.1 Å². The summed E-state index contributed by atoms with van der Waals surface area (Å²) in [6.07, 6.45) is 1.20. The molecule has 25 heavy (non-hydrogen) atoms. The summed E-state index contributed by atoms with van der Waals surface area (Å²) in [6, 6.07) is 7.93. The molecule has 3 rings (SSSR count). The Morgan fingerprint density at radius 2 is 2.12 bits per heavy atom. The first-order chi connectivity index (χ1) is 11.8. The quantitative estimate of drug-likeness (QED) is 0.885. The largest absolute Gasteiger partial charge is 0.487 e. The molecular formula is C20H27N3O2. The number of benzene rings is 1. The number of para-hydroxylation sites is 1. The van der Waals surface area contributed by atoms with Crippen molar-refractivity contribution in [2.45, 2.75) is 65.0 Å². The molecule has 2 aromatic rings. The number of rotatable bonds is 4. The predicted octanol–water partition coefficient (Wildman–Crippen LogP) is 3.94. The van der Waals surface area contributed by atoms with E-state index in [1.54, 1.807) is 0 Å². The van der Waals surface area contributed by atoms with Gasteiger partial charge in [-0.25, -0.2) is 0 Å². The lowest BCUT2D eigenvalue weighted by Crippen LogP contribution is -2.41. The van der Waals surface area contributed by atoms with Crippen molar-refractivity contribution in [2.75, 3.05) is 0 Å². The number of aryl methyl sites for hydroxylation is 2. The molecule has 0 saturated heterocycles. The lowest BCUT2D eigenvalue weighted by molar-refractivity contribution is -0.122. The van der Waals surface area contributed by atoms with Gasteiger partial charge in [0, 0.05) is 24.1 Å². The van der Waals surface area contributed by atoms with Gasteiger partial charge >= 0.3 is 0 Å². The molecule has 134 valence electrons. The van der Waals surface area contributed by atoms with E-state index in [9.17, 15) is 4.79 Å². The molecule has 0 radical (unpaired) electrons.